The molecule has 0 aliphatic rings. The maximum atomic E-state index is 10.8. The van der Waals surface area contributed by atoms with Gasteiger partial charge in [-0.05, 0) is 40.0 Å². The molecule has 0 aromatic rings. The number of aliphatic hydroxyl groups is 1. The van der Waals surface area contributed by atoms with E-state index >= 15 is 0 Å². The molecule has 0 aliphatic carbocycles. The molecule has 0 aromatic heterocycles. The maximum Gasteiger partial charge on any atom is 0.303 e. The molecule has 0 unspecified atom stereocenters. The minimum atomic E-state index is -1.04. The Hall–Kier alpha value is -1.27. The van der Waals surface area contributed by atoms with Gasteiger partial charge >= 0.3 is 5.97 Å². The first kappa shape index (κ1) is 16.7. The fourth-order valence-corrected chi connectivity index (χ4v) is 1.36. The SMILES string of the molecule is CC[C@H](C#C[C@@](C)(O)CCC=C(C)C)OC(C)=O. The van der Waals surface area contributed by atoms with E-state index in [9.17, 15) is 9.90 Å². The van der Waals surface area contributed by atoms with Crippen LogP contribution < -0.4 is 0 Å². The first-order chi connectivity index (χ1) is 8.26. The number of hydrogen-bond acceptors (Lipinski definition) is 3. The summed E-state index contributed by atoms with van der Waals surface area (Å²) in [5, 5.41) is 10.1. The van der Waals surface area contributed by atoms with Crippen LogP contribution in [-0.2, 0) is 9.53 Å². The smallest absolute Gasteiger partial charge is 0.303 e. The predicted molar refractivity (Wildman–Crippen MR) is 72.9 cm³/mol. The molecule has 1 N–H and O–H groups in total. The summed E-state index contributed by atoms with van der Waals surface area (Å²) >= 11 is 0. The predicted octanol–water partition coefficient (Wildman–Crippen LogP) is 2.83. The zero-order valence-corrected chi connectivity index (χ0v) is 12.0. The summed E-state index contributed by atoms with van der Waals surface area (Å²) in [6.07, 6.45) is 3.61. The average molecular weight is 252 g/mol. The molecule has 18 heavy (non-hydrogen) atoms. The van der Waals surface area contributed by atoms with E-state index in [1.54, 1.807) is 6.92 Å². The van der Waals surface area contributed by atoms with E-state index in [1.165, 1.54) is 12.5 Å². The van der Waals surface area contributed by atoms with Gasteiger partial charge in [0, 0.05) is 6.92 Å². The quantitative estimate of drug-likeness (QED) is 0.465. The van der Waals surface area contributed by atoms with E-state index in [0.717, 1.165) is 6.42 Å². The van der Waals surface area contributed by atoms with Crippen LogP contribution in [0.3, 0.4) is 0 Å². The molecule has 2 atom stereocenters. The zero-order valence-electron chi connectivity index (χ0n) is 12.0. The van der Waals surface area contributed by atoms with Crippen LogP contribution in [0.2, 0.25) is 0 Å². The van der Waals surface area contributed by atoms with Crippen LogP contribution in [0.5, 0.6) is 0 Å². The molecular weight excluding hydrogens is 228 g/mol. The molecule has 0 saturated carbocycles. The lowest BCUT2D eigenvalue weighted by Crippen LogP contribution is -2.22. The molecule has 0 aromatic carbocycles. The van der Waals surface area contributed by atoms with Gasteiger partial charge in [-0.3, -0.25) is 4.79 Å². The van der Waals surface area contributed by atoms with E-state index in [0.29, 0.717) is 12.8 Å². The molecule has 3 nitrogen and oxygen atoms in total. The van der Waals surface area contributed by atoms with E-state index in [-0.39, 0.29) is 5.97 Å². The maximum absolute atomic E-state index is 10.8. The van der Waals surface area contributed by atoms with Gasteiger partial charge in [-0.15, -0.1) is 0 Å². The molecule has 0 radical (unpaired) electrons. The second-order valence-electron chi connectivity index (χ2n) is 4.87. The molecule has 0 saturated heterocycles. The van der Waals surface area contributed by atoms with Crippen LogP contribution in [0.4, 0.5) is 0 Å². The van der Waals surface area contributed by atoms with Crippen molar-refractivity contribution in [1.82, 2.24) is 0 Å². The Kier molecular flexibility index (Phi) is 7.38. The zero-order chi connectivity index (χ0) is 14.2. The summed E-state index contributed by atoms with van der Waals surface area (Å²) in [7, 11) is 0. The van der Waals surface area contributed by atoms with Gasteiger partial charge in [0.05, 0.1) is 0 Å². The minimum absolute atomic E-state index is 0.347. The molecule has 0 amide bonds. The fourth-order valence-electron chi connectivity index (χ4n) is 1.36. The molecule has 0 bridgehead atoms. The summed E-state index contributed by atoms with van der Waals surface area (Å²) in [4.78, 5) is 10.8. The highest BCUT2D eigenvalue weighted by molar-refractivity contribution is 5.66. The lowest BCUT2D eigenvalue weighted by molar-refractivity contribution is -0.143. The molecule has 0 fully saturated rings. The van der Waals surface area contributed by atoms with Gasteiger partial charge < -0.3 is 9.84 Å². The molecule has 0 heterocycles. The van der Waals surface area contributed by atoms with E-state index < -0.39 is 11.7 Å². The minimum Gasteiger partial charge on any atom is -0.449 e. The summed E-state index contributed by atoms with van der Waals surface area (Å²) in [6.45, 7) is 8.97. The third-order valence-corrected chi connectivity index (χ3v) is 2.37. The van der Waals surface area contributed by atoms with Gasteiger partial charge in [0.25, 0.3) is 0 Å². The highest BCUT2D eigenvalue weighted by Crippen LogP contribution is 2.12. The number of hydrogen-bond donors (Lipinski definition) is 1. The monoisotopic (exact) mass is 252 g/mol. The van der Waals surface area contributed by atoms with Crippen LogP contribution in [-0.4, -0.2) is 22.8 Å². The Labute approximate surface area is 110 Å². The molecule has 102 valence electrons. The third-order valence-electron chi connectivity index (χ3n) is 2.37. The number of rotatable bonds is 5. The topological polar surface area (TPSA) is 46.5 Å². The first-order valence-electron chi connectivity index (χ1n) is 6.32. The van der Waals surface area contributed by atoms with Gasteiger partial charge in [0.2, 0.25) is 0 Å². The van der Waals surface area contributed by atoms with Crippen LogP contribution in [0.25, 0.3) is 0 Å². The third kappa shape index (κ3) is 8.83. The average Bonchev–Trinajstić information content (AvgIpc) is 2.22. The van der Waals surface area contributed by atoms with Crippen LogP contribution in [0.1, 0.15) is 53.9 Å². The second-order valence-corrected chi connectivity index (χ2v) is 4.87. The molecule has 0 rings (SSSR count). The van der Waals surface area contributed by atoms with Crippen molar-refractivity contribution in [1.29, 1.82) is 0 Å². The van der Waals surface area contributed by atoms with Crippen molar-refractivity contribution >= 4 is 5.97 Å². The number of carbonyl (C=O) groups excluding carboxylic acids is 1. The number of esters is 1. The molecule has 3 heteroatoms. The molecule has 0 spiro atoms. The van der Waals surface area contributed by atoms with Gasteiger partial charge in [0.1, 0.15) is 5.60 Å². The van der Waals surface area contributed by atoms with Crippen molar-refractivity contribution in [2.45, 2.75) is 65.6 Å². The van der Waals surface area contributed by atoms with Crippen molar-refractivity contribution in [3.8, 4) is 11.8 Å². The number of allylic oxidation sites excluding steroid dienone is 2. The summed E-state index contributed by atoms with van der Waals surface area (Å²) in [5.41, 5.74) is 0.185. The van der Waals surface area contributed by atoms with Gasteiger partial charge in [0.15, 0.2) is 6.10 Å². The van der Waals surface area contributed by atoms with E-state index in [2.05, 4.69) is 17.9 Å². The van der Waals surface area contributed by atoms with Crippen molar-refractivity contribution in [2.75, 3.05) is 0 Å². The van der Waals surface area contributed by atoms with E-state index in [1.807, 2.05) is 20.8 Å². The highest BCUT2D eigenvalue weighted by Gasteiger charge is 2.16. The Morgan fingerprint density at radius 3 is 2.50 bits per heavy atom. The summed E-state index contributed by atoms with van der Waals surface area (Å²) in [6, 6.07) is 0. The van der Waals surface area contributed by atoms with Crippen molar-refractivity contribution in [3.63, 3.8) is 0 Å². The van der Waals surface area contributed by atoms with Gasteiger partial charge in [-0.1, -0.05) is 30.4 Å². The Morgan fingerprint density at radius 2 is 2.06 bits per heavy atom. The second kappa shape index (κ2) is 7.94. The van der Waals surface area contributed by atoms with Crippen molar-refractivity contribution in [3.05, 3.63) is 11.6 Å². The number of ether oxygens (including phenoxy) is 1. The fraction of sp³-hybridized carbons (Fsp3) is 0.667. The van der Waals surface area contributed by atoms with Gasteiger partial charge in [-0.25, -0.2) is 0 Å². The molecular formula is C15H24O3. The van der Waals surface area contributed by atoms with Gasteiger partial charge in [-0.2, -0.15) is 0 Å². The van der Waals surface area contributed by atoms with E-state index in [4.69, 9.17) is 4.74 Å². The lowest BCUT2D eigenvalue weighted by atomic mass is 9.99. The summed E-state index contributed by atoms with van der Waals surface area (Å²) < 4.78 is 5.00. The normalized spacial score (nSPS) is 14.8. The van der Waals surface area contributed by atoms with Crippen LogP contribution in [0.15, 0.2) is 11.6 Å². The standard InChI is InChI=1S/C15H24O3/c1-6-14(18-13(4)16)9-11-15(5,17)10-7-8-12(2)3/h8,14,17H,6-7,10H2,1-5H3/t14-,15+/m1/s1. The van der Waals surface area contributed by atoms with Crippen LogP contribution in [0, 0.1) is 11.8 Å². The van der Waals surface area contributed by atoms with Crippen LogP contribution >= 0.6 is 0 Å². The highest BCUT2D eigenvalue weighted by atomic mass is 16.5. The Morgan fingerprint density at radius 1 is 1.44 bits per heavy atom. The van der Waals surface area contributed by atoms with Crippen molar-refractivity contribution < 1.29 is 14.6 Å². The lowest BCUT2D eigenvalue weighted by Gasteiger charge is -2.16. The Bertz CT molecular complexity index is 352. The molecule has 0 aliphatic heterocycles. The largest absolute Gasteiger partial charge is 0.449 e. The Balaban J connectivity index is 4.45. The van der Waals surface area contributed by atoms with Crippen molar-refractivity contribution in [2.24, 2.45) is 0 Å². The summed E-state index contributed by atoms with van der Waals surface area (Å²) in [5.74, 6) is 5.26. The first-order valence-corrected chi connectivity index (χ1v) is 6.32. The number of carbonyl (C=O) groups is 1.